The van der Waals surface area contributed by atoms with Crippen LogP contribution < -0.4 is 5.73 Å². The van der Waals surface area contributed by atoms with E-state index in [2.05, 4.69) is 10.2 Å². The van der Waals surface area contributed by atoms with Gasteiger partial charge in [0.05, 0.1) is 5.02 Å². The zero-order valence-corrected chi connectivity index (χ0v) is 8.77. The first-order valence-corrected chi connectivity index (χ1v) is 4.74. The average Bonchev–Trinajstić information content (AvgIpc) is 2.52. The van der Waals surface area contributed by atoms with Crippen molar-refractivity contribution < 1.29 is 4.39 Å². The molecule has 0 radical (unpaired) electrons. The maximum absolute atomic E-state index is 13.7. The summed E-state index contributed by atoms with van der Waals surface area (Å²) in [6.45, 7) is 1.78. The van der Waals surface area contributed by atoms with Crippen molar-refractivity contribution >= 4 is 17.4 Å². The number of halogens is 2. The highest BCUT2D eigenvalue weighted by molar-refractivity contribution is 6.31. The van der Waals surface area contributed by atoms with E-state index in [0.717, 1.165) is 0 Å². The molecule has 0 aliphatic rings. The molecule has 0 aliphatic heterocycles. The summed E-state index contributed by atoms with van der Waals surface area (Å²) < 4.78 is 13.7. The van der Waals surface area contributed by atoms with Crippen molar-refractivity contribution in [1.29, 1.82) is 0 Å². The molecule has 1 aromatic carbocycles. The van der Waals surface area contributed by atoms with Crippen LogP contribution in [0.1, 0.15) is 5.69 Å². The quantitative estimate of drug-likeness (QED) is 0.784. The number of H-pyrrole nitrogens is 1. The van der Waals surface area contributed by atoms with Crippen molar-refractivity contribution in [3.05, 3.63) is 34.7 Å². The molecule has 0 atom stereocenters. The third kappa shape index (κ3) is 1.57. The fourth-order valence-electron chi connectivity index (χ4n) is 1.48. The number of nitrogens with two attached hydrogens (primary N) is 1. The van der Waals surface area contributed by atoms with E-state index in [4.69, 9.17) is 17.3 Å². The van der Waals surface area contributed by atoms with Crippen LogP contribution >= 0.6 is 11.6 Å². The Hall–Kier alpha value is -1.55. The molecule has 78 valence electrons. The second kappa shape index (κ2) is 3.55. The summed E-state index contributed by atoms with van der Waals surface area (Å²) in [6, 6.07) is 4.79. The van der Waals surface area contributed by atoms with Crippen LogP contribution in [0, 0.1) is 12.7 Å². The van der Waals surface area contributed by atoms with Crippen molar-refractivity contribution in [2.75, 3.05) is 5.73 Å². The van der Waals surface area contributed by atoms with E-state index in [9.17, 15) is 4.39 Å². The molecule has 1 heterocycles. The largest absolute Gasteiger partial charge is 0.382 e. The Morgan fingerprint density at radius 2 is 2.20 bits per heavy atom. The minimum Gasteiger partial charge on any atom is -0.382 e. The van der Waals surface area contributed by atoms with Gasteiger partial charge in [0.2, 0.25) is 0 Å². The van der Waals surface area contributed by atoms with Crippen molar-refractivity contribution in [3.63, 3.8) is 0 Å². The molecule has 0 saturated heterocycles. The number of nitrogen functional groups attached to an aromatic ring is 1. The zero-order chi connectivity index (χ0) is 11.0. The molecular weight excluding hydrogens is 217 g/mol. The Labute approximate surface area is 91.1 Å². The van der Waals surface area contributed by atoms with E-state index < -0.39 is 5.82 Å². The van der Waals surface area contributed by atoms with Gasteiger partial charge in [-0.2, -0.15) is 5.10 Å². The number of nitrogens with zero attached hydrogens (tertiary/aromatic N) is 1. The highest BCUT2D eigenvalue weighted by Gasteiger charge is 2.15. The fraction of sp³-hybridized carbons (Fsp3) is 0.100. The first kappa shape index (κ1) is 9.98. The molecule has 0 amide bonds. The van der Waals surface area contributed by atoms with Crippen LogP contribution in [0.4, 0.5) is 10.2 Å². The lowest BCUT2D eigenvalue weighted by Gasteiger charge is -2.04. The number of rotatable bonds is 1. The molecule has 15 heavy (non-hydrogen) atoms. The molecule has 1 aromatic heterocycles. The summed E-state index contributed by atoms with van der Waals surface area (Å²) in [5.41, 5.74) is 7.29. The Bertz CT molecular complexity index is 488. The van der Waals surface area contributed by atoms with Crippen LogP contribution in [-0.4, -0.2) is 10.2 Å². The Kier molecular flexibility index (Phi) is 2.36. The molecule has 0 fully saturated rings. The van der Waals surface area contributed by atoms with Crippen molar-refractivity contribution in [1.82, 2.24) is 10.2 Å². The smallest absolute Gasteiger partial charge is 0.153 e. The first-order chi connectivity index (χ1) is 7.11. The van der Waals surface area contributed by atoms with Crippen molar-refractivity contribution in [2.24, 2.45) is 0 Å². The highest BCUT2D eigenvalue weighted by Crippen LogP contribution is 2.32. The van der Waals surface area contributed by atoms with E-state index in [-0.39, 0.29) is 10.8 Å². The number of aryl methyl sites for hydroxylation is 1. The highest BCUT2D eigenvalue weighted by atomic mass is 35.5. The van der Waals surface area contributed by atoms with Crippen LogP contribution in [0.15, 0.2) is 18.2 Å². The summed E-state index contributed by atoms with van der Waals surface area (Å²) >= 11 is 5.69. The summed E-state index contributed by atoms with van der Waals surface area (Å²) in [6.07, 6.45) is 0. The zero-order valence-electron chi connectivity index (χ0n) is 8.01. The Balaban J connectivity index is 2.69. The van der Waals surface area contributed by atoms with Gasteiger partial charge in [-0.05, 0) is 13.0 Å². The predicted molar refractivity (Wildman–Crippen MR) is 58.1 cm³/mol. The second-order valence-corrected chi connectivity index (χ2v) is 3.62. The summed E-state index contributed by atoms with van der Waals surface area (Å²) in [5.74, 6) is -0.205. The molecule has 0 saturated carbocycles. The van der Waals surface area contributed by atoms with Crippen LogP contribution in [-0.2, 0) is 0 Å². The van der Waals surface area contributed by atoms with Gasteiger partial charge in [0.25, 0.3) is 0 Å². The summed E-state index contributed by atoms with van der Waals surface area (Å²) in [5, 5.41) is 6.58. The lowest BCUT2D eigenvalue weighted by molar-refractivity contribution is 0.631. The second-order valence-electron chi connectivity index (χ2n) is 3.21. The minimum absolute atomic E-state index is 0.0764. The van der Waals surface area contributed by atoms with Gasteiger partial charge in [-0.1, -0.05) is 23.7 Å². The van der Waals surface area contributed by atoms with Gasteiger partial charge in [-0.3, -0.25) is 5.10 Å². The lowest BCUT2D eigenvalue weighted by atomic mass is 10.1. The minimum atomic E-state index is -0.477. The molecule has 5 heteroatoms. The monoisotopic (exact) mass is 225 g/mol. The van der Waals surface area contributed by atoms with Gasteiger partial charge in [0, 0.05) is 16.8 Å². The molecule has 2 rings (SSSR count). The SMILES string of the molecule is Cc1[nH]nc(N)c1-c1cccc(Cl)c1F. The Morgan fingerprint density at radius 3 is 2.80 bits per heavy atom. The first-order valence-electron chi connectivity index (χ1n) is 4.36. The third-order valence-corrected chi connectivity index (χ3v) is 2.49. The van der Waals surface area contributed by atoms with E-state index >= 15 is 0 Å². The molecular formula is C10H9ClFN3. The van der Waals surface area contributed by atoms with Crippen LogP contribution in [0.5, 0.6) is 0 Å². The maximum atomic E-state index is 13.7. The van der Waals surface area contributed by atoms with Crippen LogP contribution in [0.2, 0.25) is 5.02 Å². The number of hydrogen-bond acceptors (Lipinski definition) is 2. The molecule has 3 nitrogen and oxygen atoms in total. The van der Waals surface area contributed by atoms with Crippen LogP contribution in [0.3, 0.4) is 0 Å². The maximum Gasteiger partial charge on any atom is 0.153 e. The van der Waals surface area contributed by atoms with Gasteiger partial charge < -0.3 is 5.73 Å². The summed E-state index contributed by atoms with van der Waals surface area (Å²) in [7, 11) is 0. The van der Waals surface area contributed by atoms with Gasteiger partial charge >= 0.3 is 0 Å². The Morgan fingerprint density at radius 1 is 1.47 bits per heavy atom. The lowest BCUT2D eigenvalue weighted by Crippen LogP contribution is -1.91. The molecule has 0 spiro atoms. The molecule has 0 unspecified atom stereocenters. The third-order valence-electron chi connectivity index (χ3n) is 2.20. The van der Waals surface area contributed by atoms with E-state index in [1.807, 2.05) is 0 Å². The van der Waals surface area contributed by atoms with Crippen molar-refractivity contribution in [3.8, 4) is 11.1 Å². The van der Waals surface area contributed by atoms with E-state index in [1.165, 1.54) is 6.07 Å². The number of benzene rings is 1. The molecule has 3 N–H and O–H groups in total. The van der Waals surface area contributed by atoms with E-state index in [0.29, 0.717) is 16.8 Å². The number of nitrogens with one attached hydrogen (secondary N) is 1. The standard InChI is InChI=1S/C10H9ClFN3/c1-5-8(10(13)15-14-5)6-3-2-4-7(11)9(6)12/h2-4H,1H3,(H3,13,14,15). The van der Waals surface area contributed by atoms with Crippen molar-refractivity contribution in [2.45, 2.75) is 6.92 Å². The van der Waals surface area contributed by atoms with E-state index in [1.54, 1.807) is 19.1 Å². The van der Waals surface area contributed by atoms with Gasteiger partial charge in [0.15, 0.2) is 5.82 Å². The van der Waals surface area contributed by atoms with Gasteiger partial charge in [0.1, 0.15) is 5.82 Å². The average molecular weight is 226 g/mol. The fourth-order valence-corrected chi connectivity index (χ4v) is 1.66. The number of aromatic amines is 1. The predicted octanol–water partition coefficient (Wildman–Crippen LogP) is 2.76. The van der Waals surface area contributed by atoms with Gasteiger partial charge in [-0.15, -0.1) is 0 Å². The number of anilines is 1. The summed E-state index contributed by atoms with van der Waals surface area (Å²) in [4.78, 5) is 0. The van der Waals surface area contributed by atoms with Crippen LogP contribution in [0.25, 0.3) is 11.1 Å². The molecule has 0 bridgehead atoms. The topological polar surface area (TPSA) is 54.7 Å². The normalized spacial score (nSPS) is 10.6. The number of hydrogen-bond donors (Lipinski definition) is 2. The molecule has 0 aliphatic carbocycles. The molecule has 2 aromatic rings. The van der Waals surface area contributed by atoms with Gasteiger partial charge in [-0.25, -0.2) is 4.39 Å². The number of aromatic nitrogens is 2.